The summed E-state index contributed by atoms with van der Waals surface area (Å²) in [5.74, 6) is -0.762. The van der Waals surface area contributed by atoms with E-state index in [2.05, 4.69) is 5.32 Å². The van der Waals surface area contributed by atoms with Crippen molar-refractivity contribution in [2.24, 2.45) is 0 Å². The fraction of sp³-hybridized carbons (Fsp3) is 0.250. The Morgan fingerprint density at radius 3 is 2.54 bits per heavy atom. The lowest BCUT2D eigenvalue weighted by molar-refractivity contribution is 0.0638. The Labute approximate surface area is 167 Å². The molecule has 0 fully saturated rings. The van der Waals surface area contributed by atoms with Crippen LogP contribution in [0, 0.1) is 0 Å². The van der Waals surface area contributed by atoms with Gasteiger partial charge in [0, 0.05) is 30.8 Å². The second-order valence-corrected chi connectivity index (χ2v) is 6.60. The van der Waals surface area contributed by atoms with Gasteiger partial charge in [-0.05, 0) is 42.8 Å². The molecule has 0 saturated heterocycles. The maximum Gasteiger partial charge on any atom is 0.261 e. The molecule has 3 amide bonds. The summed E-state index contributed by atoms with van der Waals surface area (Å²) in [6.07, 6.45) is 0.546. The third-order valence-corrected chi connectivity index (χ3v) is 4.61. The first-order valence-corrected chi connectivity index (χ1v) is 8.98. The van der Waals surface area contributed by atoms with Crippen LogP contribution in [0.15, 0.2) is 36.4 Å². The maximum atomic E-state index is 12.6. The number of nitrogens with zero attached hydrogens (tertiary/aromatic N) is 1. The Balaban J connectivity index is 1.82. The number of methoxy groups -OCH3 is 2. The number of carbonyl (C=O) groups is 3. The first-order chi connectivity index (χ1) is 13.5. The molecule has 1 N–H and O–H groups in total. The zero-order valence-corrected chi connectivity index (χ0v) is 16.2. The van der Waals surface area contributed by atoms with Gasteiger partial charge in [0.25, 0.3) is 17.7 Å². The lowest BCUT2D eigenvalue weighted by Gasteiger charge is -2.12. The third-order valence-electron chi connectivity index (χ3n) is 4.37. The van der Waals surface area contributed by atoms with Gasteiger partial charge in [-0.1, -0.05) is 11.6 Å². The zero-order valence-electron chi connectivity index (χ0n) is 15.5. The highest BCUT2D eigenvalue weighted by Gasteiger charge is 2.35. The topological polar surface area (TPSA) is 84.9 Å². The van der Waals surface area contributed by atoms with Gasteiger partial charge in [0.15, 0.2) is 0 Å². The highest BCUT2D eigenvalue weighted by molar-refractivity contribution is 6.31. The summed E-state index contributed by atoms with van der Waals surface area (Å²) in [6.45, 7) is 0.712. The van der Waals surface area contributed by atoms with Crippen molar-refractivity contribution in [1.29, 1.82) is 0 Å². The van der Waals surface area contributed by atoms with Gasteiger partial charge < -0.3 is 14.8 Å². The number of amides is 3. The zero-order chi connectivity index (χ0) is 20.3. The number of anilines is 1. The van der Waals surface area contributed by atoms with Gasteiger partial charge in [-0.25, -0.2) is 0 Å². The highest BCUT2D eigenvalue weighted by Crippen LogP contribution is 2.29. The Hall–Kier alpha value is -2.90. The number of halogens is 1. The van der Waals surface area contributed by atoms with E-state index in [0.717, 1.165) is 0 Å². The van der Waals surface area contributed by atoms with Crippen LogP contribution in [0.3, 0.4) is 0 Å². The molecule has 3 rings (SSSR count). The van der Waals surface area contributed by atoms with E-state index in [1.807, 2.05) is 0 Å². The SMILES string of the molecule is COCCCN1C(=O)c2ccc(C(=O)Nc3cc(Cl)ccc3OC)cc2C1=O. The minimum absolute atomic E-state index is 0.216. The number of fused-ring (bicyclic) bond motifs is 1. The van der Waals surface area contributed by atoms with Crippen molar-refractivity contribution in [3.05, 3.63) is 58.1 Å². The van der Waals surface area contributed by atoms with Crippen LogP contribution in [0.25, 0.3) is 0 Å². The van der Waals surface area contributed by atoms with Crippen LogP contribution in [-0.2, 0) is 4.74 Å². The Bertz CT molecular complexity index is 944. The lowest BCUT2D eigenvalue weighted by Crippen LogP contribution is -2.31. The first-order valence-electron chi connectivity index (χ1n) is 8.60. The predicted octanol–water partition coefficient (Wildman–Crippen LogP) is 3.23. The van der Waals surface area contributed by atoms with Crippen LogP contribution >= 0.6 is 11.6 Å². The number of benzene rings is 2. The van der Waals surface area contributed by atoms with Gasteiger partial charge in [0.05, 0.1) is 23.9 Å². The van der Waals surface area contributed by atoms with Crippen LogP contribution in [0.5, 0.6) is 5.75 Å². The lowest BCUT2D eigenvalue weighted by atomic mass is 10.1. The minimum atomic E-state index is -0.443. The first kappa shape index (κ1) is 19.9. The number of ether oxygens (including phenoxy) is 2. The highest BCUT2D eigenvalue weighted by atomic mass is 35.5. The molecule has 0 aliphatic carbocycles. The summed E-state index contributed by atoms with van der Waals surface area (Å²) in [5, 5.41) is 3.16. The fourth-order valence-corrected chi connectivity index (χ4v) is 3.15. The van der Waals surface area contributed by atoms with E-state index in [1.165, 1.54) is 30.2 Å². The standard InChI is InChI=1S/C20H19ClN2O5/c1-27-9-3-8-23-19(25)14-6-4-12(10-15(14)20(23)26)18(24)22-16-11-13(21)5-7-17(16)28-2/h4-7,10-11H,3,8-9H2,1-2H3,(H,22,24). The van der Waals surface area contributed by atoms with E-state index in [4.69, 9.17) is 21.1 Å². The van der Waals surface area contributed by atoms with E-state index < -0.39 is 11.8 Å². The smallest absolute Gasteiger partial charge is 0.261 e. The molecular weight excluding hydrogens is 384 g/mol. The quantitative estimate of drug-likeness (QED) is 0.567. The average molecular weight is 403 g/mol. The Kier molecular flexibility index (Phi) is 5.96. The second-order valence-electron chi connectivity index (χ2n) is 6.17. The molecule has 0 spiro atoms. The molecule has 2 aromatic rings. The summed E-state index contributed by atoms with van der Waals surface area (Å²) < 4.78 is 10.2. The normalized spacial score (nSPS) is 12.9. The molecule has 146 valence electrons. The maximum absolute atomic E-state index is 12.6. The largest absolute Gasteiger partial charge is 0.495 e. The summed E-state index contributed by atoms with van der Waals surface area (Å²) in [6, 6.07) is 9.29. The van der Waals surface area contributed by atoms with Gasteiger partial charge in [-0.2, -0.15) is 0 Å². The van der Waals surface area contributed by atoms with Crippen molar-refractivity contribution in [3.8, 4) is 5.75 Å². The minimum Gasteiger partial charge on any atom is -0.495 e. The molecule has 2 aromatic carbocycles. The molecule has 0 aromatic heterocycles. The van der Waals surface area contributed by atoms with Crippen molar-refractivity contribution in [3.63, 3.8) is 0 Å². The van der Waals surface area contributed by atoms with Gasteiger partial charge >= 0.3 is 0 Å². The predicted molar refractivity (Wildman–Crippen MR) is 104 cm³/mol. The fourth-order valence-electron chi connectivity index (χ4n) is 2.97. The summed E-state index contributed by atoms with van der Waals surface area (Å²) in [4.78, 5) is 38.8. The van der Waals surface area contributed by atoms with Gasteiger partial charge in [-0.15, -0.1) is 0 Å². The molecule has 0 bridgehead atoms. The van der Waals surface area contributed by atoms with Crippen molar-refractivity contribution in [2.75, 3.05) is 32.7 Å². The van der Waals surface area contributed by atoms with E-state index in [0.29, 0.717) is 35.1 Å². The van der Waals surface area contributed by atoms with Crippen molar-refractivity contribution in [2.45, 2.75) is 6.42 Å². The average Bonchev–Trinajstić information content (AvgIpc) is 2.92. The number of nitrogens with one attached hydrogen (secondary N) is 1. The van der Waals surface area contributed by atoms with E-state index in [9.17, 15) is 14.4 Å². The van der Waals surface area contributed by atoms with E-state index in [1.54, 1.807) is 25.3 Å². The molecule has 7 nitrogen and oxygen atoms in total. The number of imide groups is 1. The number of hydrogen-bond acceptors (Lipinski definition) is 5. The molecule has 0 saturated carbocycles. The van der Waals surface area contributed by atoms with Crippen LogP contribution in [0.2, 0.25) is 5.02 Å². The summed E-state index contributed by atoms with van der Waals surface area (Å²) in [7, 11) is 3.04. The molecule has 1 aliphatic rings. The molecule has 0 radical (unpaired) electrons. The van der Waals surface area contributed by atoms with Crippen molar-refractivity contribution in [1.82, 2.24) is 4.90 Å². The van der Waals surface area contributed by atoms with E-state index >= 15 is 0 Å². The molecule has 28 heavy (non-hydrogen) atoms. The molecular formula is C20H19ClN2O5. The van der Waals surface area contributed by atoms with Crippen LogP contribution in [0.4, 0.5) is 5.69 Å². The summed E-state index contributed by atoms with van der Waals surface area (Å²) >= 11 is 5.98. The monoisotopic (exact) mass is 402 g/mol. The van der Waals surface area contributed by atoms with Crippen molar-refractivity contribution >= 4 is 35.0 Å². The number of rotatable bonds is 7. The Morgan fingerprint density at radius 1 is 1.07 bits per heavy atom. The molecule has 0 unspecified atom stereocenters. The Morgan fingerprint density at radius 2 is 1.82 bits per heavy atom. The molecule has 8 heteroatoms. The number of carbonyl (C=O) groups excluding carboxylic acids is 3. The van der Waals surface area contributed by atoms with Crippen LogP contribution in [-0.4, -0.2) is 50.0 Å². The number of hydrogen-bond donors (Lipinski definition) is 1. The third kappa shape index (κ3) is 3.85. The van der Waals surface area contributed by atoms with E-state index in [-0.39, 0.29) is 23.6 Å². The van der Waals surface area contributed by atoms with Gasteiger partial charge in [0.2, 0.25) is 0 Å². The van der Waals surface area contributed by atoms with Gasteiger partial charge in [0.1, 0.15) is 5.75 Å². The van der Waals surface area contributed by atoms with Crippen molar-refractivity contribution < 1.29 is 23.9 Å². The molecule has 1 heterocycles. The molecule has 0 atom stereocenters. The van der Waals surface area contributed by atoms with Crippen LogP contribution < -0.4 is 10.1 Å². The summed E-state index contributed by atoms with van der Waals surface area (Å²) in [5.41, 5.74) is 1.16. The van der Waals surface area contributed by atoms with Gasteiger partial charge in [-0.3, -0.25) is 19.3 Å². The molecule has 1 aliphatic heterocycles. The van der Waals surface area contributed by atoms with Crippen LogP contribution in [0.1, 0.15) is 37.5 Å². The second kappa shape index (κ2) is 8.41.